The van der Waals surface area contributed by atoms with E-state index in [1.807, 2.05) is 0 Å². The van der Waals surface area contributed by atoms with Crippen molar-refractivity contribution in [2.24, 2.45) is 5.73 Å². The minimum atomic E-state index is -0.499. The second-order valence-corrected chi connectivity index (χ2v) is 5.70. The molecule has 5 N–H and O–H groups in total. The van der Waals surface area contributed by atoms with Gasteiger partial charge in [0.25, 0.3) is 11.5 Å². The first kappa shape index (κ1) is 14.9. The molecule has 0 radical (unpaired) electrons. The van der Waals surface area contributed by atoms with Crippen molar-refractivity contribution in [3.05, 3.63) is 52.2 Å². The van der Waals surface area contributed by atoms with Crippen LogP contribution in [-0.4, -0.2) is 33.4 Å². The highest BCUT2D eigenvalue weighted by Crippen LogP contribution is 2.30. The summed E-state index contributed by atoms with van der Waals surface area (Å²) in [7, 11) is 0. The molecule has 9 nitrogen and oxygen atoms in total. The quantitative estimate of drug-likeness (QED) is 0.552. The number of primary amides is 1. The molecule has 0 spiro atoms. The van der Waals surface area contributed by atoms with Crippen LogP contribution < -0.4 is 21.5 Å². The fourth-order valence-corrected chi connectivity index (χ4v) is 3.06. The Morgan fingerprint density at radius 2 is 2.12 bits per heavy atom. The molecule has 1 aliphatic rings. The van der Waals surface area contributed by atoms with Crippen LogP contribution in [0, 0.1) is 0 Å². The molecule has 3 aromatic rings. The smallest absolute Gasteiger partial charge is 0.319 e. The van der Waals surface area contributed by atoms with E-state index in [2.05, 4.69) is 20.3 Å². The Morgan fingerprint density at radius 3 is 2.92 bits per heavy atom. The summed E-state index contributed by atoms with van der Waals surface area (Å²) in [4.78, 5) is 46.6. The third-order valence-electron chi connectivity index (χ3n) is 4.22. The Morgan fingerprint density at radius 1 is 1.28 bits per heavy atom. The number of hydrogen-bond donors (Lipinski definition) is 4. The Balaban J connectivity index is 1.63. The molecular formula is C16H14N6O3. The third-order valence-corrected chi connectivity index (χ3v) is 4.22. The number of aromatic nitrogens is 3. The number of hydrogen-bond acceptors (Lipinski definition) is 4. The van der Waals surface area contributed by atoms with Gasteiger partial charge in [0.2, 0.25) is 0 Å². The van der Waals surface area contributed by atoms with Crippen LogP contribution in [0.4, 0.5) is 16.2 Å². The van der Waals surface area contributed by atoms with Crippen molar-refractivity contribution in [2.75, 3.05) is 16.8 Å². The zero-order chi connectivity index (χ0) is 17.6. The number of carbonyl (C=O) groups is 2. The van der Waals surface area contributed by atoms with Crippen molar-refractivity contribution in [1.82, 2.24) is 15.0 Å². The van der Waals surface area contributed by atoms with Gasteiger partial charge in [0, 0.05) is 24.1 Å². The number of nitrogens with zero attached hydrogens (tertiary/aromatic N) is 2. The number of carbonyl (C=O) groups excluding carboxylic acids is 2. The second kappa shape index (κ2) is 5.48. The average molecular weight is 338 g/mol. The van der Waals surface area contributed by atoms with Gasteiger partial charge in [-0.05, 0) is 30.2 Å². The molecule has 0 bridgehead atoms. The Kier molecular flexibility index (Phi) is 3.27. The molecule has 0 unspecified atom stereocenters. The number of anilines is 2. The number of amides is 3. The Labute approximate surface area is 140 Å². The molecule has 0 saturated heterocycles. The molecule has 1 aliphatic heterocycles. The van der Waals surface area contributed by atoms with Crippen LogP contribution in [0.5, 0.6) is 0 Å². The molecule has 0 atom stereocenters. The van der Waals surface area contributed by atoms with E-state index in [1.54, 1.807) is 18.2 Å². The van der Waals surface area contributed by atoms with Crippen LogP contribution in [0.1, 0.15) is 15.9 Å². The first-order valence-corrected chi connectivity index (χ1v) is 7.60. The summed E-state index contributed by atoms with van der Waals surface area (Å²) in [6.45, 7) is 0.519. The number of fused-ring (bicyclic) bond motifs is 2. The van der Waals surface area contributed by atoms with Crippen LogP contribution in [0.3, 0.4) is 0 Å². The summed E-state index contributed by atoms with van der Waals surface area (Å²) in [5.41, 5.74) is 7.76. The maximum Gasteiger partial charge on any atom is 0.319 e. The van der Waals surface area contributed by atoms with Gasteiger partial charge in [-0.1, -0.05) is 0 Å². The highest BCUT2D eigenvalue weighted by Gasteiger charge is 2.23. The summed E-state index contributed by atoms with van der Waals surface area (Å²) >= 11 is 0. The fourth-order valence-electron chi connectivity index (χ4n) is 3.06. The monoisotopic (exact) mass is 338 g/mol. The van der Waals surface area contributed by atoms with Gasteiger partial charge in [-0.3, -0.25) is 14.5 Å². The van der Waals surface area contributed by atoms with E-state index < -0.39 is 11.9 Å². The van der Waals surface area contributed by atoms with Crippen molar-refractivity contribution >= 4 is 34.3 Å². The van der Waals surface area contributed by atoms with Gasteiger partial charge in [-0.15, -0.1) is 0 Å². The van der Waals surface area contributed by atoms with Gasteiger partial charge in [0.05, 0.1) is 17.3 Å². The number of nitrogens with one attached hydrogen (secondary N) is 3. The molecule has 1 aromatic carbocycles. The molecule has 3 amide bonds. The lowest BCUT2D eigenvalue weighted by molar-refractivity contribution is 0.102. The van der Waals surface area contributed by atoms with Crippen LogP contribution in [0.15, 0.2) is 35.5 Å². The molecule has 3 heterocycles. The standard InChI is InChI=1S/C16H14N6O3/c17-16(25)22-4-3-8-5-9(1-2-11(8)22)21-14(23)10-6-18-13-12(10)15(24)20-7-19-13/h1-2,5-7H,3-4H2,(H2,17,25)(H,21,23)(H2,18,19,20,24). The van der Waals surface area contributed by atoms with Crippen LogP contribution in [0.25, 0.3) is 11.0 Å². The van der Waals surface area contributed by atoms with Gasteiger partial charge >= 0.3 is 6.03 Å². The largest absolute Gasteiger partial charge is 0.351 e. The summed E-state index contributed by atoms with van der Waals surface area (Å²) in [5.74, 6) is -0.422. The first-order valence-electron chi connectivity index (χ1n) is 7.60. The van der Waals surface area contributed by atoms with Crippen LogP contribution in [0.2, 0.25) is 0 Å². The molecule has 0 saturated carbocycles. The predicted octanol–water partition coefficient (Wildman–Crippen LogP) is 0.945. The number of aromatic amines is 2. The van der Waals surface area contributed by atoms with Gasteiger partial charge in [0.15, 0.2) is 0 Å². The number of rotatable bonds is 2. The van der Waals surface area contributed by atoms with E-state index >= 15 is 0 Å². The zero-order valence-electron chi connectivity index (χ0n) is 13.0. The van der Waals surface area contributed by atoms with Crippen molar-refractivity contribution in [1.29, 1.82) is 0 Å². The topological polar surface area (TPSA) is 137 Å². The lowest BCUT2D eigenvalue weighted by Gasteiger charge is -2.14. The van der Waals surface area contributed by atoms with Crippen molar-refractivity contribution in [2.45, 2.75) is 6.42 Å². The van der Waals surface area contributed by atoms with E-state index in [0.29, 0.717) is 24.3 Å². The van der Waals surface area contributed by atoms with Crippen LogP contribution in [-0.2, 0) is 6.42 Å². The molecule has 2 aromatic heterocycles. The Bertz CT molecular complexity index is 1070. The van der Waals surface area contributed by atoms with E-state index in [9.17, 15) is 14.4 Å². The lowest BCUT2D eigenvalue weighted by atomic mass is 10.1. The molecular weight excluding hydrogens is 324 g/mol. The second-order valence-electron chi connectivity index (χ2n) is 5.70. The predicted molar refractivity (Wildman–Crippen MR) is 91.7 cm³/mol. The van der Waals surface area contributed by atoms with E-state index in [0.717, 1.165) is 11.3 Å². The third kappa shape index (κ3) is 2.42. The average Bonchev–Trinajstić information content (AvgIpc) is 3.19. The maximum atomic E-state index is 12.5. The molecule has 0 aliphatic carbocycles. The SMILES string of the molecule is NC(=O)N1CCc2cc(NC(=O)c3c[nH]c4nc[nH]c(=O)c34)ccc21. The summed E-state index contributed by atoms with van der Waals surface area (Å²) in [6.07, 6.45) is 3.39. The van der Waals surface area contributed by atoms with E-state index in [1.165, 1.54) is 17.4 Å². The highest BCUT2D eigenvalue weighted by molar-refractivity contribution is 6.12. The van der Waals surface area contributed by atoms with E-state index in [4.69, 9.17) is 5.73 Å². The maximum absolute atomic E-state index is 12.5. The summed E-state index contributed by atoms with van der Waals surface area (Å²) in [5, 5.41) is 2.97. The number of benzene rings is 1. The van der Waals surface area contributed by atoms with Gasteiger partial charge < -0.3 is 21.0 Å². The molecule has 0 fully saturated rings. The molecule has 25 heavy (non-hydrogen) atoms. The normalized spacial score (nSPS) is 13.0. The van der Waals surface area contributed by atoms with E-state index in [-0.39, 0.29) is 16.5 Å². The fraction of sp³-hybridized carbons (Fsp3) is 0.125. The number of H-pyrrole nitrogens is 2. The van der Waals surface area contributed by atoms with Crippen molar-refractivity contribution in [3.63, 3.8) is 0 Å². The zero-order valence-corrected chi connectivity index (χ0v) is 13.0. The van der Waals surface area contributed by atoms with Gasteiger partial charge in [-0.2, -0.15) is 0 Å². The van der Waals surface area contributed by atoms with Gasteiger partial charge in [0.1, 0.15) is 5.65 Å². The minimum Gasteiger partial charge on any atom is -0.351 e. The summed E-state index contributed by atoms with van der Waals surface area (Å²) < 4.78 is 0. The first-order chi connectivity index (χ1) is 12.0. The van der Waals surface area contributed by atoms with Gasteiger partial charge in [-0.25, -0.2) is 9.78 Å². The summed E-state index contributed by atoms with van der Waals surface area (Å²) in [6, 6.07) is 4.73. The van der Waals surface area contributed by atoms with Crippen molar-refractivity contribution < 1.29 is 9.59 Å². The molecule has 126 valence electrons. The number of urea groups is 1. The highest BCUT2D eigenvalue weighted by atomic mass is 16.2. The Hall–Kier alpha value is -3.62. The van der Waals surface area contributed by atoms with Crippen molar-refractivity contribution in [3.8, 4) is 0 Å². The van der Waals surface area contributed by atoms with Crippen LogP contribution >= 0.6 is 0 Å². The lowest BCUT2D eigenvalue weighted by Crippen LogP contribution is -2.33. The number of nitrogens with two attached hydrogens (primary N) is 1. The molecule has 4 rings (SSSR count). The minimum absolute atomic E-state index is 0.209. The molecule has 9 heteroatoms.